The van der Waals surface area contributed by atoms with Gasteiger partial charge in [0.15, 0.2) is 0 Å². The predicted molar refractivity (Wildman–Crippen MR) is 76.5 cm³/mol. The van der Waals surface area contributed by atoms with E-state index in [1.54, 1.807) is 4.90 Å². The molecule has 1 aliphatic heterocycles. The third kappa shape index (κ3) is 2.73. The van der Waals surface area contributed by atoms with Crippen LogP contribution in [0.2, 0.25) is 0 Å². The van der Waals surface area contributed by atoms with Crippen LogP contribution in [-0.4, -0.2) is 25.3 Å². The molecule has 0 aliphatic carbocycles. The summed E-state index contributed by atoms with van der Waals surface area (Å²) in [6, 6.07) is 6.25. The molecule has 104 valence electrons. The standard InChI is InChI=1S/C15H22N2O2/c1-10-5-6-11(15(2,3)4)7-13(10)17-9-12(8-16)19-14(17)18/h5-7,12H,8-9,16H2,1-4H3. The van der Waals surface area contributed by atoms with Crippen LogP contribution in [0.1, 0.15) is 31.9 Å². The lowest BCUT2D eigenvalue weighted by Gasteiger charge is -2.23. The van der Waals surface area contributed by atoms with Gasteiger partial charge in [0.05, 0.1) is 12.2 Å². The van der Waals surface area contributed by atoms with Gasteiger partial charge in [0, 0.05) is 6.54 Å². The average molecular weight is 262 g/mol. The molecule has 0 radical (unpaired) electrons. The number of nitrogens with two attached hydrogens (primary N) is 1. The molecule has 19 heavy (non-hydrogen) atoms. The molecule has 1 fully saturated rings. The van der Waals surface area contributed by atoms with E-state index in [0.717, 1.165) is 11.3 Å². The van der Waals surface area contributed by atoms with E-state index >= 15 is 0 Å². The van der Waals surface area contributed by atoms with Crippen molar-refractivity contribution in [3.05, 3.63) is 29.3 Å². The first-order chi connectivity index (χ1) is 8.82. The van der Waals surface area contributed by atoms with Gasteiger partial charge in [0.2, 0.25) is 0 Å². The molecule has 2 N–H and O–H groups in total. The molecular formula is C15H22N2O2. The van der Waals surface area contributed by atoms with Crippen molar-refractivity contribution in [2.24, 2.45) is 5.73 Å². The van der Waals surface area contributed by atoms with Gasteiger partial charge in [0.25, 0.3) is 0 Å². The highest BCUT2D eigenvalue weighted by Gasteiger charge is 2.32. The topological polar surface area (TPSA) is 55.6 Å². The second kappa shape index (κ2) is 4.85. The molecule has 1 atom stereocenters. The van der Waals surface area contributed by atoms with E-state index in [9.17, 15) is 4.79 Å². The fraction of sp³-hybridized carbons (Fsp3) is 0.533. The third-order valence-corrected chi connectivity index (χ3v) is 3.50. The van der Waals surface area contributed by atoms with E-state index in [1.807, 2.05) is 6.92 Å². The van der Waals surface area contributed by atoms with Crippen LogP contribution in [0.25, 0.3) is 0 Å². The maximum absolute atomic E-state index is 11.9. The number of benzene rings is 1. The van der Waals surface area contributed by atoms with E-state index < -0.39 is 0 Å². The molecule has 1 aromatic rings. The summed E-state index contributed by atoms with van der Waals surface area (Å²) >= 11 is 0. The molecule has 1 amide bonds. The van der Waals surface area contributed by atoms with Crippen molar-refractivity contribution in [1.82, 2.24) is 0 Å². The molecule has 1 aliphatic rings. The van der Waals surface area contributed by atoms with Gasteiger partial charge in [-0.15, -0.1) is 0 Å². The number of carbonyl (C=O) groups is 1. The molecule has 1 aromatic carbocycles. The monoisotopic (exact) mass is 262 g/mol. The number of amides is 1. The summed E-state index contributed by atoms with van der Waals surface area (Å²) in [5, 5.41) is 0. The van der Waals surface area contributed by atoms with E-state index in [2.05, 4.69) is 39.0 Å². The van der Waals surface area contributed by atoms with E-state index in [-0.39, 0.29) is 17.6 Å². The summed E-state index contributed by atoms with van der Waals surface area (Å²) in [4.78, 5) is 13.6. The number of aryl methyl sites for hydroxylation is 1. The zero-order valence-electron chi connectivity index (χ0n) is 12.1. The van der Waals surface area contributed by atoms with Gasteiger partial charge in [-0.2, -0.15) is 0 Å². The number of anilines is 1. The molecule has 4 heteroatoms. The van der Waals surface area contributed by atoms with Gasteiger partial charge in [-0.3, -0.25) is 4.90 Å². The van der Waals surface area contributed by atoms with Crippen molar-refractivity contribution >= 4 is 11.8 Å². The van der Waals surface area contributed by atoms with Crippen LogP contribution in [0.4, 0.5) is 10.5 Å². The van der Waals surface area contributed by atoms with Crippen molar-refractivity contribution in [3.63, 3.8) is 0 Å². The lowest BCUT2D eigenvalue weighted by Crippen LogP contribution is -2.28. The molecule has 0 bridgehead atoms. The molecule has 4 nitrogen and oxygen atoms in total. The van der Waals surface area contributed by atoms with Crippen molar-refractivity contribution in [3.8, 4) is 0 Å². The fourth-order valence-electron chi connectivity index (χ4n) is 2.21. The Morgan fingerprint density at radius 3 is 2.63 bits per heavy atom. The number of hydrogen-bond donors (Lipinski definition) is 1. The Morgan fingerprint density at radius 1 is 1.42 bits per heavy atom. The number of nitrogens with zero attached hydrogens (tertiary/aromatic N) is 1. The number of rotatable bonds is 2. The molecular weight excluding hydrogens is 240 g/mol. The van der Waals surface area contributed by atoms with E-state index in [1.165, 1.54) is 5.56 Å². The summed E-state index contributed by atoms with van der Waals surface area (Å²) in [6.45, 7) is 9.38. The Hall–Kier alpha value is -1.55. The maximum Gasteiger partial charge on any atom is 0.414 e. The zero-order valence-corrected chi connectivity index (χ0v) is 12.1. The highest BCUT2D eigenvalue weighted by atomic mass is 16.6. The van der Waals surface area contributed by atoms with E-state index in [4.69, 9.17) is 10.5 Å². The van der Waals surface area contributed by atoms with Crippen LogP contribution < -0.4 is 10.6 Å². The molecule has 2 rings (SSSR count). The van der Waals surface area contributed by atoms with Gasteiger partial charge in [-0.25, -0.2) is 4.79 Å². The maximum atomic E-state index is 11.9. The Labute approximate surface area is 114 Å². The van der Waals surface area contributed by atoms with Gasteiger partial charge in [0.1, 0.15) is 6.10 Å². The minimum absolute atomic E-state index is 0.0549. The molecule has 0 aromatic heterocycles. The first-order valence-electron chi connectivity index (χ1n) is 6.62. The highest BCUT2D eigenvalue weighted by molar-refractivity contribution is 5.90. The SMILES string of the molecule is Cc1ccc(C(C)(C)C)cc1N1CC(CN)OC1=O. The van der Waals surface area contributed by atoms with Crippen LogP contribution in [0, 0.1) is 6.92 Å². The van der Waals surface area contributed by atoms with Gasteiger partial charge in [-0.1, -0.05) is 32.9 Å². The summed E-state index contributed by atoms with van der Waals surface area (Å²) in [5.74, 6) is 0. The predicted octanol–water partition coefficient (Wildman–Crippen LogP) is 2.58. The Balaban J connectivity index is 2.37. The lowest BCUT2D eigenvalue weighted by molar-refractivity contribution is 0.145. The summed E-state index contributed by atoms with van der Waals surface area (Å²) in [5.41, 5.74) is 8.83. The zero-order chi connectivity index (χ0) is 14.2. The summed E-state index contributed by atoms with van der Waals surface area (Å²) in [7, 11) is 0. The molecule has 0 spiro atoms. The van der Waals surface area contributed by atoms with Crippen LogP contribution >= 0.6 is 0 Å². The van der Waals surface area contributed by atoms with E-state index in [0.29, 0.717) is 13.1 Å². The Kier molecular flexibility index (Phi) is 3.54. The van der Waals surface area contributed by atoms with Gasteiger partial charge >= 0.3 is 6.09 Å². The van der Waals surface area contributed by atoms with Crippen LogP contribution in [0.5, 0.6) is 0 Å². The van der Waals surface area contributed by atoms with Crippen LogP contribution in [-0.2, 0) is 10.2 Å². The quantitative estimate of drug-likeness (QED) is 0.891. The second-order valence-corrected chi connectivity index (χ2v) is 6.10. The van der Waals surface area contributed by atoms with Crippen LogP contribution in [0.3, 0.4) is 0 Å². The minimum atomic E-state index is -0.301. The first kappa shape index (κ1) is 13.9. The van der Waals surface area contributed by atoms with Crippen molar-refractivity contribution in [2.45, 2.75) is 39.2 Å². The lowest BCUT2D eigenvalue weighted by atomic mass is 9.86. The van der Waals surface area contributed by atoms with Crippen molar-refractivity contribution < 1.29 is 9.53 Å². The van der Waals surface area contributed by atoms with Gasteiger partial charge in [-0.05, 0) is 29.5 Å². The summed E-state index contributed by atoms with van der Waals surface area (Å²) < 4.78 is 5.22. The largest absolute Gasteiger partial charge is 0.443 e. The first-order valence-corrected chi connectivity index (χ1v) is 6.62. The fourth-order valence-corrected chi connectivity index (χ4v) is 2.21. The number of hydrogen-bond acceptors (Lipinski definition) is 3. The number of carbonyl (C=O) groups excluding carboxylic acids is 1. The van der Waals surface area contributed by atoms with Crippen molar-refractivity contribution in [1.29, 1.82) is 0 Å². The van der Waals surface area contributed by atoms with Crippen molar-refractivity contribution in [2.75, 3.05) is 18.0 Å². The molecule has 1 saturated heterocycles. The number of ether oxygens (including phenoxy) is 1. The molecule has 1 unspecified atom stereocenters. The smallest absolute Gasteiger partial charge is 0.414 e. The average Bonchev–Trinajstić information content (AvgIpc) is 2.69. The number of cyclic esters (lactones) is 1. The Bertz CT molecular complexity index is 491. The normalized spacial score (nSPS) is 19.7. The molecule has 1 heterocycles. The van der Waals surface area contributed by atoms with Gasteiger partial charge < -0.3 is 10.5 Å². The highest BCUT2D eigenvalue weighted by Crippen LogP contribution is 2.31. The second-order valence-electron chi connectivity index (χ2n) is 6.10. The summed E-state index contributed by atoms with van der Waals surface area (Å²) in [6.07, 6.45) is -0.505. The van der Waals surface area contributed by atoms with Crippen LogP contribution in [0.15, 0.2) is 18.2 Å². The Morgan fingerprint density at radius 2 is 2.11 bits per heavy atom. The molecule has 0 saturated carbocycles. The minimum Gasteiger partial charge on any atom is -0.443 e. The third-order valence-electron chi connectivity index (χ3n) is 3.50.